The highest BCUT2D eigenvalue weighted by Gasteiger charge is 2.36. The van der Waals surface area contributed by atoms with Crippen molar-refractivity contribution in [2.24, 2.45) is 0 Å². The lowest BCUT2D eigenvalue weighted by Gasteiger charge is -2.27. The highest BCUT2D eigenvalue weighted by Crippen LogP contribution is 2.29. The number of hydrogen-bond donors (Lipinski definition) is 1. The number of amides is 2. The Morgan fingerprint density at radius 3 is 2.44 bits per heavy atom. The van der Waals surface area contributed by atoms with Gasteiger partial charge in [0.1, 0.15) is 30.5 Å². The normalized spacial score (nSPS) is 11.8. The first-order valence-corrected chi connectivity index (χ1v) is 12.4. The van der Waals surface area contributed by atoms with E-state index in [1.165, 1.54) is 51.1 Å². The van der Waals surface area contributed by atoms with Crippen molar-refractivity contribution < 1.29 is 45.5 Å². The average molecular weight is 607 g/mol. The lowest BCUT2D eigenvalue weighted by molar-refractivity contribution is -0.119. The van der Waals surface area contributed by atoms with Crippen molar-refractivity contribution in [3.8, 4) is 17.1 Å². The molecule has 0 saturated carbocycles. The minimum Gasteiger partial charge on any atom is -0.444 e. The number of benzene rings is 1. The van der Waals surface area contributed by atoms with Gasteiger partial charge < -0.3 is 14.5 Å². The molecule has 2 amide bonds. The van der Waals surface area contributed by atoms with E-state index in [1.54, 1.807) is 0 Å². The molecular weight excluding hydrogens is 583 g/mol. The molecule has 0 aliphatic carbocycles. The Hall–Kier alpha value is -5.15. The number of carbonyl (C=O) groups excluding carboxylic acids is 3. The zero-order valence-corrected chi connectivity index (χ0v) is 22.7. The van der Waals surface area contributed by atoms with Gasteiger partial charge in [-0.2, -0.15) is 18.3 Å². The van der Waals surface area contributed by atoms with Gasteiger partial charge in [0.2, 0.25) is 5.89 Å². The van der Waals surface area contributed by atoms with Crippen molar-refractivity contribution in [2.75, 3.05) is 16.8 Å². The smallest absolute Gasteiger partial charge is 0.416 e. The highest BCUT2D eigenvalue weighted by molar-refractivity contribution is 6.03. The predicted octanol–water partition coefficient (Wildman–Crippen LogP) is 6.23. The maximum Gasteiger partial charge on any atom is 0.416 e. The van der Waals surface area contributed by atoms with Crippen molar-refractivity contribution in [1.29, 1.82) is 0 Å². The van der Waals surface area contributed by atoms with Crippen LogP contribution in [0.2, 0.25) is 0 Å². The van der Waals surface area contributed by atoms with Crippen molar-refractivity contribution >= 4 is 29.8 Å². The molecule has 4 aromatic rings. The van der Waals surface area contributed by atoms with Gasteiger partial charge in [0, 0.05) is 17.3 Å². The molecule has 226 valence electrons. The van der Waals surface area contributed by atoms with Crippen LogP contribution in [0.3, 0.4) is 0 Å². The summed E-state index contributed by atoms with van der Waals surface area (Å²) in [6, 6.07) is 8.26. The number of nitrogens with zero attached hydrogens (tertiary/aromatic N) is 5. The van der Waals surface area contributed by atoms with Crippen molar-refractivity contribution in [2.45, 2.75) is 39.0 Å². The summed E-state index contributed by atoms with van der Waals surface area (Å²) in [6.07, 6.45) is -5.36. The van der Waals surface area contributed by atoms with Crippen molar-refractivity contribution in [3.05, 3.63) is 72.0 Å². The molecule has 43 heavy (non-hydrogen) atoms. The number of pyridine rings is 1. The third kappa shape index (κ3) is 7.78. The molecule has 0 atom stereocenters. The second-order valence-electron chi connectivity index (χ2n) is 9.96. The Morgan fingerprint density at radius 2 is 1.84 bits per heavy atom. The van der Waals surface area contributed by atoms with Gasteiger partial charge in [0.25, 0.3) is 12.3 Å². The molecule has 0 saturated heterocycles. The van der Waals surface area contributed by atoms with Crippen molar-refractivity contribution in [1.82, 2.24) is 19.7 Å². The molecule has 0 unspecified atom stereocenters. The van der Waals surface area contributed by atoms with Gasteiger partial charge in [-0.15, -0.1) is 0 Å². The number of carbonyl (C=O) groups is 3. The number of hydrogen-bond acceptors (Lipinski definition) is 8. The zero-order chi connectivity index (χ0) is 31.5. The Bertz CT molecular complexity index is 1630. The van der Waals surface area contributed by atoms with Crippen LogP contribution in [0.5, 0.6) is 0 Å². The topological polar surface area (TPSA) is 132 Å². The highest BCUT2D eigenvalue weighted by atomic mass is 19.4. The fourth-order valence-electron chi connectivity index (χ4n) is 3.61. The third-order valence-electron chi connectivity index (χ3n) is 5.45. The summed E-state index contributed by atoms with van der Waals surface area (Å²) in [7, 11) is 0. The van der Waals surface area contributed by atoms with E-state index in [-0.39, 0.29) is 22.8 Å². The van der Waals surface area contributed by atoms with E-state index in [1.807, 2.05) is 0 Å². The first-order chi connectivity index (χ1) is 20.1. The van der Waals surface area contributed by atoms with E-state index in [0.29, 0.717) is 22.4 Å². The number of alkyl halides is 5. The number of aromatic nitrogens is 4. The molecule has 0 spiro atoms. The Morgan fingerprint density at radius 1 is 1.14 bits per heavy atom. The molecule has 0 aliphatic heterocycles. The van der Waals surface area contributed by atoms with Gasteiger partial charge in [-0.3, -0.25) is 14.5 Å². The summed E-state index contributed by atoms with van der Waals surface area (Å²) in [5.74, 6) is -1.61. The number of rotatable bonds is 8. The summed E-state index contributed by atoms with van der Waals surface area (Å²) in [4.78, 5) is 44.4. The summed E-state index contributed by atoms with van der Waals surface area (Å²) in [5, 5.41) is 6.10. The third-order valence-corrected chi connectivity index (χ3v) is 5.45. The van der Waals surface area contributed by atoms with Crippen LogP contribution in [0.25, 0.3) is 17.1 Å². The fourth-order valence-corrected chi connectivity index (χ4v) is 3.61. The van der Waals surface area contributed by atoms with Crippen LogP contribution in [-0.4, -0.2) is 56.4 Å². The molecule has 0 fully saturated rings. The van der Waals surface area contributed by atoms with E-state index < -0.39 is 48.3 Å². The molecule has 1 N–H and O–H groups in total. The lowest BCUT2D eigenvalue weighted by atomic mass is 10.2. The SMILES string of the molecule is CC(C)(C)OC(=O)N(CC(F)(F)F)c1cc(-c2nc(C(=O)Nc3cn(-c4ccc(C=O)cc4)nc3C(F)F)co2)ccn1. The zero-order valence-electron chi connectivity index (χ0n) is 22.7. The summed E-state index contributed by atoms with van der Waals surface area (Å²) >= 11 is 0. The van der Waals surface area contributed by atoms with Crippen molar-refractivity contribution in [3.63, 3.8) is 0 Å². The fraction of sp³-hybridized carbons (Fsp3) is 0.259. The number of halogens is 5. The largest absolute Gasteiger partial charge is 0.444 e. The standard InChI is InChI=1S/C27H23F5N6O5/c1-26(2,3)43-25(41)37(14-27(30,31)32)20-10-16(8-9-33-20)24-35-19(13-42-24)23(40)34-18-11-38(36-21(18)22(28)29)17-6-4-15(12-39)5-7-17/h4-13,22H,14H2,1-3H3,(H,34,40). The summed E-state index contributed by atoms with van der Waals surface area (Å²) in [6.45, 7) is 2.77. The Kier molecular flexibility index (Phi) is 8.59. The van der Waals surface area contributed by atoms with Gasteiger partial charge in [-0.05, 0) is 57.2 Å². The number of oxazole rings is 1. The van der Waals surface area contributed by atoms with E-state index in [4.69, 9.17) is 9.15 Å². The van der Waals surface area contributed by atoms with Crippen LogP contribution in [-0.2, 0) is 4.74 Å². The molecule has 3 heterocycles. The molecule has 0 aliphatic rings. The van der Waals surface area contributed by atoms with Gasteiger partial charge in [-0.25, -0.2) is 28.2 Å². The molecule has 4 rings (SSSR count). The lowest BCUT2D eigenvalue weighted by Crippen LogP contribution is -2.42. The van der Waals surface area contributed by atoms with E-state index in [9.17, 15) is 36.3 Å². The van der Waals surface area contributed by atoms with Crippen LogP contribution < -0.4 is 10.2 Å². The van der Waals surface area contributed by atoms with Gasteiger partial charge in [-0.1, -0.05) is 0 Å². The molecular formula is C27H23F5N6O5. The molecule has 3 aromatic heterocycles. The Balaban J connectivity index is 1.57. The number of aldehydes is 1. The molecule has 1 aromatic carbocycles. The molecule has 11 nitrogen and oxygen atoms in total. The second-order valence-corrected chi connectivity index (χ2v) is 9.96. The number of anilines is 2. The van der Waals surface area contributed by atoms with Gasteiger partial charge in [0.05, 0.1) is 17.6 Å². The maximum atomic E-state index is 13.7. The quantitative estimate of drug-likeness (QED) is 0.184. The average Bonchev–Trinajstić information content (AvgIpc) is 3.59. The first kappa shape index (κ1) is 30.8. The van der Waals surface area contributed by atoms with E-state index in [0.717, 1.165) is 29.4 Å². The summed E-state index contributed by atoms with van der Waals surface area (Å²) in [5.41, 5.74) is -1.74. The molecule has 16 heteroatoms. The minimum atomic E-state index is -4.79. The Labute approximate surface area is 240 Å². The van der Waals surface area contributed by atoms with Crippen LogP contribution in [0.1, 0.15) is 53.7 Å². The predicted molar refractivity (Wildman–Crippen MR) is 141 cm³/mol. The summed E-state index contributed by atoms with van der Waals surface area (Å²) < 4.78 is 78.7. The molecule has 0 bridgehead atoms. The van der Waals surface area contributed by atoms with Crippen LogP contribution >= 0.6 is 0 Å². The van der Waals surface area contributed by atoms with E-state index in [2.05, 4.69) is 20.4 Å². The first-order valence-electron chi connectivity index (χ1n) is 12.4. The number of ether oxygens (including phenoxy) is 1. The van der Waals surface area contributed by atoms with Crippen LogP contribution in [0, 0.1) is 0 Å². The minimum absolute atomic E-state index is 0.0552. The van der Waals surface area contributed by atoms with Crippen LogP contribution in [0.4, 0.5) is 38.3 Å². The van der Waals surface area contributed by atoms with Gasteiger partial charge >= 0.3 is 12.3 Å². The maximum absolute atomic E-state index is 13.7. The van der Waals surface area contributed by atoms with E-state index >= 15 is 0 Å². The molecule has 0 radical (unpaired) electrons. The monoisotopic (exact) mass is 606 g/mol. The number of nitrogens with one attached hydrogen (secondary N) is 1. The van der Waals surface area contributed by atoms with Gasteiger partial charge in [0.15, 0.2) is 11.4 Å². The second kappa shape index (κ2) is 12.0. The van der Waals surface area contributed by atoms with Crippen LogP contribution in [0.15, 0.2) is 59.5 Å².